The molecule has 2 N–H and O–H groups in total. The first-order chi connectivity index (χ1) is 9.30. The Morgan fingerprint density at radius 2 is 1.50 bits per heavy atom. The highest BCUT2D eigenvalue weighted by Crippen LogP contribution is 2.41. The largest absolute Gasteiger partial charge is 0.508 e. The molecule has 1 aromatic rings. The van der Waals surface area contributed by atoms with Crippen LogP contribution in [0.5, 0.6) is 5.75 Å². The lowest BCUT2D eigenvalue weighted by atomic mass is 9.78. The van der Waals surface area contributed by atoms with Gasteiger partial charge in [0.25, 0.3) is 0 Å². The molecule has 1 fully saturated rings. The zero-order valence-electron chi connectivity index (χ0n) is 14.3. The van der Waals surface area contributed by atoms with Gasteiger partial charge in [-0.15, -0.1) is 24.8 Å². The molecule has 0 bridgehead atoms. The Hall–Kier alpha value is -0.480. The topological polar surface area (TPSA) is 35.5 Å². The molecule has 1 aliphatic rings. The zero-order chi connectivity index (χ0) is 14.9. The summed E-state index contributed by atoms with van der Waals surface area (Å²) in [6.07, 6.45) is 0. The van der Waals surface area contributed by atoms with Gasteiger partial charge >= 0.3 is 0 Å². The predicted molar refractivity (Wildman–Crippen MR) is 98.7 cm³/mol. The minimum Gasteiger partial charge on any atom is -0.508 e. The summed E-state index contributed by atoms with van der Waals surface area (Å²) in [6, 6.07) is 4.18. The number of nitrogens with zero attached hydrogens (tertiary/aromatic N) is 1. The van der Waals surface area contributed by atoms with Crippen molar-refractivity contribution < 1.29 is 5.11 Å². The van der Waals surface area contributed by atoms with Gasteiger partial charge in [0.2, 0.25) is 0 Å². The van der Waals surface area contributed by atoms with Crippen LogP contribution in [-0.4, -0.2) is 36.2 Å². The number of phenolic OH excluding ortho intramolecular Hbond substituents is 1. The molecule has 0 spiro atoms. The van der Waals surface area contributed by atoms with Crippen LogP contribution in [0.1, 0.15) is 43.5 Å². The molecule has 0 radical (unpaired) electrons. The molecule has 1 aliphatic heterocycles. The second-order valence-corrected chi connectivity index (χ2v) is 7.05. The van der Waals surface area contributed by atoms with Crippen molar-refractivity contribution in [3.63, 3.8) is 0 Å². The van der Waals surface area contributed by atoms with Crippen LogP contribution in [0, 0.1) is 19.3 Å². The van der Waals surface area contributed by atoms with Gasteiger partial charge in [-0.25, -0.2) is 0 Å². The van der Waals surface area contributed by atoms with Gasteiger partial charge in [0.1, 0.15) is 5.75 Å². The number of hydrogen-bond donors (Lipinski definition) is 2. The van der Waals surface area contributed by atoms with Crippen molar-refractivity contribution in [2.75, 3.05) is 26.2 Å². The van der Waals surface area contributed by atoms with Gasteiger partial charge in [0, 0.05) is 32.2 Å². The third-order valence-electron chi connectivity index (χ3n) is 4.19. The number of hydrogen-bond acceptors (Lipinski definition) is 3. The maximum absolute atomic E-state index is 9.79. The lowest BCUT2D eigenvalue weighted by Crippen LogP contribution is -2.48. The van der Waals surface area contributed by atoms with Gasteiger partial charge in [-0.3, -0.25) is 4.90 Å². The van der Waals surface area contributed by atoms with Crippen molar-refractivity contribution in [1.29, 1.82) is 0 Å². The highest BCUT2D eigenvalue weighted by atomic mass is 35.5. The number of halogens is 2. The fraction of sp³-hybridized carbons (Fsp3) is 0.647. The van der Waals surface area contributed by atoms with Crippen LogP contribution in [0.25, 0.3) is 0 Å². The van der Waals surface area contributed by atoms with Crippen molar-refractivity contribution in [2.45, 2.75) is 40.7 Å². The lowest BCUT2D eigenvalue weighted by Gasteiger charge is -2.44. The van der Waals surface area contributed by atoms with Gasteiger partial charge in [0.15, 0.2) is 0 Å². The molecule has 1 saturated heterocycles. The summed E-state index contributed by atoms with van der Waals surface area (Å²) in [5.41, 5.74) is 3.95. The second kappa shape index (κ2) is 8.39. The van der Waals surface area contributed by atoms with E-state index >= 15 is 0 Å². The van der Waals surface area contributed by atoms with Crippen molar-refractivity contribution in [1.82, 2.24) is 10.2 Å². The van der Waals surface area contributed by atoms with Crippen molar-refractivity contribution in [2.24, 2.45) is 5.41 Å². The number of phenols is 1. The number of nitrogens with one attached hydrogen (secondary N) is 1. The van der Waals surface area contributed by atoms with E-state index in [2.05, 4.69) is 44.8 Å². The first kappa shape index (κ1) is 21.5. The molecular weight excluding hydrogens is 319 g/mol. The molecule has 1 atom stereocenters. The Morgan fingerprint density at radius 1 is 1.05 bits per heavy atom. The van der Waals surface area contributed by atoms with E-state index < -0.39 is 0 Å². The number of rotatable bonds is 2. The van der Waals surface area contributed by atoms with E-state index in [4.69, 9.17) is 0 Å². The molecule has 0 unspecified atom stereocenters. The summed E-state index contributed by atoms with van der Waals surface area (Å²) in [4.78, 5) is 2.59. The average molecular weight is 349 g/mol. The minimum absolute atomic E-state index is 0. The molecule has 2 rings (SSSR count). The Labute approximate surface area is 147 Å². The fourth-order valence-corrected chi connectivity index (χ4v) is 3.49. The monoisotopic (exact) mass is 348 g/mol. The smallest absolute Gasteiger partial charge is 0.116 e. The van der Waals surface area contributed by atoms with E-state index in [1.165, 1.54) is 16.7 Å². The Bertz CT molecular complexity index is 457. The van der Waals surface area contributed by atoms with E-state index in [9.17, 15) is 5.11 Å². The van der Waals surface area contributed by atoms with E-state index in [0.717, 1.165) is 26.2 Å². The highest BCUT2D eigenvalue weighted by Gasteiger charge is 2.34. The first-order valence-electron chi connectivity index (χ1n) is 7.55. The Balaban J connectivity index is 0.00000220. The number of aryl methyl sites for hydroxylation is 2. The molecule has 1 aromatic carbocycles. The van der Waals surface area contributed by atoms with Crippen LogP contribution < -0.4 is 5.32 Å². The fourth-order valence-electron chi connectivity index (χ4n) is 3.49. The lowest BCUT2D eigenvalue weighted by molar-refractivity contribution is 0.0852. The quantitative estimate of drug-likeness (QED) is 0.851. The van der Waals surface area contributed by atoms with Gasteiger partial charge in [-0.2, -0.15) is 0 Å². The summed E-state index contributed by atoms with van der Waals surface area (Å²) >= 11 is 0. The highest BCUT2D eigenvalue weighted by molar-refractivity contribution is 5.85. The third-order valence-corrected chi connectivity index (χ3v) is 4.19. The second-order valence-electron chi connectivity index (χ2n) is 7.05. The van der Waals surface area contributed by atoms with Gasteiger partial charge in [-0.1, -0.05) is 20.8 Å². The first-order valence-corrected chi connectivity index (χ1v) is 7.55. The Kier molecular flexibility index (Phi) is 8.21. The van der Waals surface area contributed by atoms with Gasteiger partial charge in [-0.05, 0) is 48.1 Å². The molecule has 5 heteroatoms. The van der Waals surface area contributed by atoms with Crippen LogP contribution in [0.15, 0.2) is 12.1 Å². The van der Waals surface area contributed by atoms with Gasteiger partial charge in [0.05, 0.1) is 0 Å². The Morgan fingerprint density at radius 3 is 1.91 bits per heavy atom. The van der Waals surface area contributed by atoms with E-state index in [-0.39, 0.29) is 30.2 Å². The maximum atomic E-state index is 9.79. The molecule has 3 nitrogen and oxygen atoms in total. The molecular formula is C17H30Cl2N2O. The number of piperazine rings is 1. The van der Waals surface area contributed by atoms with E-state index in [1.807, 2.05) is 12.1 Å². The number of benzene rings is 1. The zero-order valence-corrected chi connectivity index (χ0v) is 15.9. The standard InChI is InChI=1S/C17H28N2O.2ClH/c1-12-10-14(20)11-13(2)15(12)16(17(3,4)5)19-8-6-18-7-9-19;;/h10-11,16,18,20H,6-9H2,1-5H3;2*1H/t16-;;/m1../s1. The summed E-state index contributed by atoms with van der Waals surface area (Å²) in [5, 5.41) is 13.2. The molecule has 0 saturated carbocycles. The predicted octanol–water partition coefficient (Wildman–Crippen LogP) is 3.85. The van der Waals surface area contributed by atoms with Crippen LogP contribution in [-0.2, 0) is 0 Å². The molecule has 0 aliphatic carbocycles. The summed E-state index contributed by atoms with van der Waals surface area (Å²) in [6.45, 7) is 15.4. The van der Waals surface area contributed by atoms with Crippen molar-refractivity contribution in [3.05, 3.63) is 28.8 Å². The summed E-state index contributed by atoms with van der Waals surface area (Å²) in [7, 11) is 0. The van der Waals surface area contributed by atoms with Gasteiger partial charge < -0.3 is 10.4 Å². The molecule has 22 heavy (non-hydrogen) atoms. The van der Waals surface area contributed by atoms with Crippen LogP contribution in [0.4, 0.5) is 0 Å². The van der Waals surface area contributed by atoms with E-state index in [0.29, 0.717) is 11.8 Å². The average Bonchev–Trinajstić information content (AvgIpc) is 2.33. The SMILES string of the molecule is Cc1cc(O)cc(C)c1[C@@H](N1CCNCC1)C(C)(C)C.Cl.Cl. The molecule has 0 amide bonds. The maximum Gasteiger partial charge on any atom is 0.116 e. The molecule has 128 valence electrons. The summed E-state index contributed by atoms with van der Waals surface area (Å²) < 4.78 is 0. The van der Waals surface area contributed by atoms with Crippen LogP contribution in [0.2, 0.25) is 0 Å². The summed E-state index contributed by atoms with van der Waals surface area (Å²) in [5.74, 6) is 0.372. The van der Waals surface area contributed by atoms with Crippen molar-refractivity contribution >= 4 is 24.8 Å². The third kappa shape index (κ3) is 4.76. The molecule has 0 aromatic heterocycles. The van der Waals surface area contributed by atoms with Crippen LogP contribution in [0.3, 0.4) is 0 Å². The number of aromatic hydroxyl groups is 1. The van der Waals surface area contributed by atoms with Crippen molar-refractivity contribution in [3.8, 4) is 5.75 Å². The van der Waals surface area contributed by atoms with Crippen LogP contribution >= 0.6 is 24.8 Å². The van der Waals surface area contributed by atoms with E-state index in [1.54, 1.807) is 0 Å². The minimum atomic E-state index is 0. The normalized spacial score (nSPS) is 17.3. The molecule has 1 heterocycles.